The summed E-state index contributed by atoms with van der Waals surface area (Å²) in [7, 11) is -3.52. The quantitative estimate of drug-likeness (QED) is 0.724. The van der Waals surface area contributed by atoms with E-state index < -0.39 is 10.0 Å². The molecule has 2 N–H and O–H groups in total. The summed E-state index contributed by atoms with van der Waals surface area (Å²) in [5, 5.41) is 3.07. The molecule has 6 nitrogen and oxygen atoms in total. The zero-order valence-corrected chi connectivity index (χ0v) is 16.8. The molecular formula is C19H31N3O3S. The average molecular weight is 382 g/mol. The molecule has 0 aromatic heterocycles. The number of amides is 1. The Morgan fingerprint density at radius 3 is 2.35 bits per heavy atom. The summed E-state index contributed by atoms with van der Waals surface area (Å²) in [4.78, 5) is 15.0. The van der Waals surface area contributed by atoms with Gasteiger partial charge in [0.2, 0.25) is 10.0 Å². The van der Waals surface area contributed by atoms with Gasteiger partial charge in [0.1, 0.15) is 0 Å². The van der Waals surface area contributed by atoms with E-state index in [-0.39, 0.29) is 22.8 Å². The molecule has 146 valence electrons. The smallest absolute Gasteiger partial charge is 0.251 e. The minimum atomic E-state index is -3.52. The van der Waals surface area contributed by atoms with Gasteiger partial charge in [-0.1, -0.05) is 20.8 Å². The molecule has 0 bridgehead atoms. The van der Waals surface area contributed by atoms with Crippen LogP contribution in [0.2, 0.25) is 0 Å². The van der Waals surface area contributed by atoms with E-state index in [1.807, 2.05) is 13.8 Å². The highest BCUT2D eigenvalue weighted by Crippen LogP contribution is 2.14. The van der Waals surface area contributed by atoms with Crippen molar-refractivity contribution in [2.24, 2.45) is 5.92 Å². The molecule has 1 fully saturated rings. The van der Waals surface area contributed by atoms with Gasteiger partial charge in [-0.3, -0.25) is 4.79 Å². The minimum absolute atomic E-state index is 0.141. The molecule has 7 heteroatoms. The first-order chi connectivity index (χ1) is 12.3. The number of nitrogens with one attached hydrogen (secondary N) is 2. The Morgan fingerprint density at radius 2 is 1.81 bits per heavy atom. The summed E-state index contributed by atoms with van der Waals surface area (Å²) in [5.41, 5.74) is 0.490. The summed E-state index contributed by atoms with van der Waals surface area (Å²) in [6, 6.07) is 6.31. The maximum absolute atomic E-state index is 12.4. The summed E-state index contributed by atoms with van der Waals surface area (Å²) in [6.07, 6.45) is 3.06. The Bertz CT molecular complexity index is 678. The number of piperidine rings is 1. The number of hydrogen-bond donors (Lipinski definition) is 2. The highest BCUT2D eigenvalue weighted by atomic mass is 32.2. The first-order valence-electron chi connectivity index (χ1n) is 9.44. The molecule has 0 spiro atoms. The number of carbonyl (C=O) groups excluding carboxylic acids is 1. The molecule has 1 aliphatic rings. The normalized spacial score (nSPS) is 16.8. The predicted molar refractivity (Wildman–Crippen MR) is 104 cm³/mol. The Kier molecular flexibility index (Phi) is 7.61. The van der Waals surface area contributed by atoms with Gasteiger partial charge in [-0.05, 0) is 56.0 Å². The van der Waals surface area contributed by atoms with E-state index in [9.17, 15) is 13.2 Å². The monoisotopic (exact) mass is 381 g/mol. The fourth-order valence-electron chi connectivity index (χ4n) is 3.03. The first-order valence-corrected chi connectivity index (χ1v) is 10.9. The number of nitrogens with zero attached hydrogens (tertiary/aromatic N) is 1. The maximum atomic E-state index is 12.4. The second-order valence-corrected chi connectivity index (χ2v) is 9.13. The van der Waals surface area contributed by atoms with E-state index in [0.29, 0.717) is 12.1 Å². The van der Waals surface area contributed by atoms with Crippen LogP contribution >= 0.6 is 0 Å². The fraction of sp³-hybridized carbons (Fsp3) is 0.632. The zero-order valence-electron chi connectivity index (χ0n) is 16.0. The van der Waals surface area contributed by atoms with Crippen molar-refractivity contribution in [3.63, 3.8) is 0 Å². The zero-order chi connectivity index (χ0) is 19.2. The highest BCUT2D eigenvalue weighted by molar-refractivity contribution is 7.89. The number of hydrogen-bond acceptors (Lipinski definition) is 4. The Hall–Kier alpha value is -1.44. The van der Waals surface area contributed by atoms with Crippen LogP contribution in [-0.4, -0.2) is 51.4 Å². The summed E-state index contributed by atoms with van der Waals surface area (Å²) >= 11 is 0. The molecule has 2 rings (SSSR count). The van der Waals surface area contributed by atoms with Gasteiger partial charge >= 0.3 is 0 Å². The molecule has 0 unspecified atom stereocenters. The lowest BCUT2D eigenvalue weighted by Gasteiger charge is -2.32. The standard InChI is InChI=1S/C19H31N3O3S/c1-4-11-22-12-9-17(10-13-22)21-19(23)16-5-7-18(8-6-16)26(24,25)20-14-15(2)3/h5-8,15,17,20H,4,9-14H2,1-3H3,(H,21,23). The molecule has 0 aliphatic carbocycles. The highest BCUT2D eigenvalue weighted by Gasteiger charge is 2.21. The number of likely N-dealkylation sites (tertiary alicyclic amines) is 1. The van der Waals surface area contributed by atoms with Gasteiger partial charge in [0.15, 0.2) is 0 Å². The lowest BCUT2D eigenvalue weighted by molar-refractivity contribution is 0.0911. The molecule has 1 aromatic carbocycles. The van der Waals surface area contributed by atoms with Gasteiger partial charge in [0, 0.05) is 31.2 Å². The summed E-state index contributed by atoms with van der Waals surface area (Å²) in [5.74, 6) is 0.0941. The molecule has 26 heavy (non-hydrogen) atoms. The van der Waals surface area contributed by atoms with Crippen LogP contribution in [0.3, 0.4) is 0 Å². The number of carbonyl (C=O) groups is 1. The van der Waals surface area contributed by atoms with Gasteiger partial charge in [-0.2, -0.15) is 0 Å². The van der Waals surface area contributed by atoms with E-state index in [4.69, 9.17) is 0 Å². The second-order valence-electron chi connectivity index (χ2n) is 7.36. The van der Waals surface area contributed by atoms with Crippen molar-refractivity contribution < 1.29 is 13.2 Å². The Balaban J connectivity index is 1.91. The van der Waals surface area contributed by atoms with Crippen LogP contribution in [0.15, 0.2) is 29.2 Å². The van der Waals surface area contributed by atoms with Gasteiger partial charge < -0.3 is 10.2 Å². The van der Waals surface area contributed by atoms with E-state index >= 15 is 0 Å². The first kappa shape index (κ1) is 20.9. The molecule has 1 heterocycles. The van der Waals surface area contributed by atoms with Gasteiger partial charge in [0.25, 0.3) is 5.91 Å². The Labute approximate surface area is 157 Å². The third-order valence-electron chi connectivity index (χ3n) is 4.57. The number of sulfonamides is 1. The van der Waals surface area contributed by atoms with Crippen LogP contribution in [0.4, 0.5) is 0 Å². The van der Waals surface area contributed by atoms with Crippen molar-refractivity contribution in [1.29, 1.82) is 0 Å². The molecule has 0 atom stereocenters. The summed E-state index contributed by atoms with van der Waals surface area (Å²) < 4.78 is 27.0. The van der Waals surface area contributed by atoms with Gasteiger partial charge in [-0.25, -0.2) is 13.1 Å². The molecule has 1 amide bonds. The Morgan fingerprint density at radius 1 is 1.19 bits per heavy atom. The number of benzene rings is 1. The largest absolute Gasteiger partial charge is 0.349 e. The molecule has 1 saturated heterocycles. The predicted octanol–water partition coefficient (Wildman–Crippen LogP) is 2.23. The van der Waals surface area contributed by atoms with E-state index in [0.717, 1.165) is 38.9 Å². The number of rotatable bonds is 8. The molecule has 1 aliphatic heterocycles. The maximum Gasteiger partial charge on any atom is 0.251 e. The van der Waals surface area contributed by atoms with Crippen LogP contribution in [0, 0.1) is 5.92 Å². The van der Waals surface area contributed by atoms with Crippen molar-refractivity contribution in [1.82, 2.24) is 14.9 Å². The van der Waals surface area contributed by atoms with Gasteiger partial charge in [-0.15, -0.1) is 0 Å². The lowest BCUT2D eigenvalue weighted by atomic mass is 10.0. The van der Waals surface area contributed by atoms with E-state index in [1.54, 1.807) is 12.1 Å². The van der Waals surface area contributed by atoms with Crippen molar-refractivity contribution in [2.45, 2.75) is 51.0 Å². The van der Waals surface area contributed by atoms with Crippen LogP contribution in [0.5, 0.6) is 0 Å². The van der Waals surface area contributed by atoms with E-state index in [2.05, 4.69) is 21.9 Å². The molecule has 0 radical (unpaired) electrons. The van der Waals surface area contributed by atoms with E-state index in [1.165, 1.54) is 12.1 Å². The van der Waals surface area contributed by atoms with Crippen molar-refractivity contribution in [2.75, 3.05) is 26.2 Å². The van der Waals surface area contributed by atoms with Crippen LogP contribution in [0.1, 0.15) is 50.4 Å². The third-order valence-corrected chi connectivity index (χ3v) is 6.01. The van der Waals surface area contributed by atoms with Crippen LogP contribution < -0.4 is 10.0 Å². The fourth-order valence-corrected chi connectivity index (χ4v) is 4.24. The second kappa shape index (κ2) is 9.48. The topological polar surface area (TPSA) is 78.5 Å². The van der Waals surface area contributed by atoms with Crippen molar-refractivity contribution in [3.05, 3.63) is 29.8 Å². The molecule has 0 saturated carbocycles. The minimum Gasteiger partial charge on any atom is -0.349 e. The summed E-state index contributed by atoms with van der Waals surface area (Å²) in [6.45, 7) is 9.60. The van der Waals surface area contributed by atoms with Crippen molar-refractivity contribution >= 4 is 15.9 Å². The lowest BCUT2D eigenvalue weighted by Crippen LogP contribution is -2.44. The van der Waals surface area contributed by atoms with Crippen molar-refractivity contribution in [3.8, 4) is 0 Å². The molecule has 1 aromatic rings. The molecular weight excluding hydrogens is 350 g/mol. The van der Waals surface area contributed by atoms with Crippen LogP contribution in [-0.2, 0) is 10.0 Å². The van der Waals surface area contributed by atoms with Gasteiger partial charge in [0.05, 0.1) is 4.90 Å². The van der Waals surface area contributed by atoms with Crippen LogP contribution in [0.25, 0.3) is 0 Å². The average Bonchev–Trinajstić information content (AvgIpc) is 2.62. The third kappa shape index (κ3) is 6.07. The SMILES string of the molecule is CCCN1CCC(NC(=O)c2ccc(S(=O)(=O)NCC(C)C)cc2)CC1.